The number of hydrogen-bond donors (Lipinski definition) is 1. The number of rotatable bonds is 2. The maximum absolute atomic E-state index is 12.4. The fraction of sp³-hybridized carbons (Fsp3) is 0.0714. The molecule has 0 aliphatic heterocycles. The van der Waals surface area contributed by atoms with Gasteiger partial charge in [0.05, 0.1) is 0 Å². The summed E-state index contributed by atoms with van der Waals surface area (Å²) >= 11 is 0.287. The van der Waals surface area contributed by atoms with E-state index in [-0.39, 0.29) is 16.5 Å². The number of benzene rings is 2. The van der Waals surface area contributed by atoms with Crippen molar-refractivity contribution in [1.82, 2.24) is 10.2 Å². The zero-order chi connectivity index (χ0) is 15.7. The van der Waals surface area contributed by atoms with Crippen molar-refractivity contribution in [3.05, 3.63) is 53.0 Å². The van der Waals surface area contributed by atoms with Crippen LogP contribution in [0.2, 0.25) is 0 Å². The van der Waals surface area contributed by atoms with Gasteiger partial charge in [0.15, 0.2) is 0 Å². The van der Waals surface area contributed by atoms with Crippen LogP contribution in [0.1, 0.15) is 15.4 Å². The summed E-state index contributed by atoms with van der Waals surface area (Å²) in [6.45, 7) is 0. The van der Waals surface area contributed by atoms with Crippen LogP contribution in [0.3, 0.4) is 0 Å². The molecule has 0 radical (unpaired) electrons. The molecule has 3 rings (SSSR count). The summed E-state index contributed by atoms with van der Waals surface area (Å²) in [4.78, 5) is 12.1. The number of carbonyl (C=O) groups is 1. The molecule has 22 heavy (non-hydrogen) atoms. The lowest BCUT2D eigenvalue weighted by molar-refractivity contribution is -0.138. The highest BCUT2D eigenvalue weighted by molar-refractivity contribution is 7.15. The van der Waals surface area contributed by atoms with Crippen molar-refractivity contribution in [2.75, 3.05) is 5.32 Å². The maximum Gasteiger partial charge on any atom is 0.445 e. The molecule has 1 N–H and O–H groups in total. The van der Waals surface area contributed by atoms with Crippen LogP contribution in [-0.2, 0) is 6.18 Å². The van der Waals surface area contributed by atoms with Gasteiger partial charge in [-0.2, -0.15) is 13.2 Å². The number of alkyl halides is 3. The standard InChI is InChI=1S/C14H8F3N3OS/c15-14(16,17)12-19-20-13(22-12)18-11(21)10-6-5-8-3-1-2-4-9(8)7-10/h1-7H,(H,18,20,21). The van der Waals surface area contributed by atoms with Crippen molar-refractivity contribution in [3.63, 3.8) is 0 Å². The molecule has 0 saturated carbocycles. The van der Waals surface area contributed by atoms with Crippen LogP contribution >= 0.6 is 11.3 Å². The van der Waals surface area contributed by atoms with Gasteiger partial charge in [-0.1, -0.05) is 41.7 Å². The lowest BCUT2D eigenvalue weighted by Crippen LogP contribution is -2.11. The quantitative estimate of drug-likeness (QED) is 0.776. The first-order chi connectivity index (χ1) is 10.4. The molecule has 1 amide bonds. The monoisotopic (exact) mass is 323 g/mol. The Morgan fingerprint density at radius 2 is 1.77 bits per heavy atom. The van der Waals surface area contributed by atoms with E-state index in [1.807, 2.05) is 24.3 Å². The number of carbonyl (C=O) groups excluding carboxylic acids is 1. The Bertz CT molecular complexity index is 844. The maximum atomic E-state index is 12.4. The van der Waals surface area contributed by atoms with Crippen LogP contribution in [0.5, 0.6) is 0 Å². The van der Waals surface area contributed by atoms with Gasteiger partial charge in [-0.3, -0.25) is 10.1 Å². The number of amides is 1. The molecule has 0 bridgehead atoms. The van der Waals surface area contributed by atoms with E-state index in [4.69, 9.17) is 0 Å². The van der Waals surface area contributed by atoms with Crippen LogP contribution in [0.15, 0.2) is 42.5 Å². The smallest absolute Gasteiger partial charge is 0.296 e. The summed E-state index contributed by atoms with van der Waals surface area (Å²) in [5, 5.41) is 9.21. The van der Waals surface area contributed by atoms with Crippen molar-refractivity contribution >= 4 is 33.1 Å². The third-order valence-electron chi connectivity index (χ3n) is 2.90. The molecule has 8 heteroatoms. The van der Waals surface area contributed by atoms with Gasteiger partial charge in [0.25, 0.3) is 5.91 Å². The average molecular weight is 323 g/mol. The number of fused-ring (bicyclic) bond motifs is 1. The van der Waals surface area contributed by atoms with E-state index in [9.17, 15) is 18.0 Å². The molecular formula is C14H8F3N3OS. The second-order valence-electron chi connectivity index (χ2n) is 4.43. The Kier molecular flexibility index (Phi) is 3.53. The van der Waals surface area contributed by atoms with Crippen LogP contribution in [0.25, 0.3) is 10.8 Å². The molecule has 0 aliphatic rings. The van der Waals surface area contributed by atoms with Gasteiger partial charge in [-0.05, 0) is 22.9 Å². The topological polar surface area (TPSA) is 54.9 Å². The molecular weight excluding hydrogens is 315 g/mol. The van der Waals surface area contributed by atoms with Crippen molar-refractivity contribution < 1.29 is 18.0 Å². The molecule has 1 heterocycles. The third kappa shape index (κ3) is 2.91. The normalized spacial score (nSPS) is 11.6. The average Bonchev–Trinajstić information content (AvgIpc) is 2.95. The number of halogens is 3. The summed E-state index contributed by atoms with van der Waals surface area (Å²) < 4.78 is 37.3. The SMILES string of the molecule is O=C(Nc1nnc(C(F)(F)F)s1)c1ccc2ccccc2c1. The second-order valence-corrected chi connectivity index (χ2v) is 5.40. The zero-order valence-corrected chi connectivity index (χ0v) is 11.7. The molecule has 0 saturated heterocycles. The first-order valence-corrected chi connectivity index (χ1v) is 6.96. The summed E-state index contributed by atoms with van der Waals surface area (Å²) in [6.07, 6.45) is -4.57. The Labute approximate surface area is 126 Å². The first-order valence-electron chi connectivity index (χ1n) is 6.14. The Hall–Kier alpha value is -2.48. The van der Waals surface area contributed by atoms with Crippen molar-refractivity contribution in [2.24, 2.45) is 0 Å². The molecule has 2 aromatic carbocycles. The molecule has 112 valence electrons. The summed E-state index contributed by atoms with van der Waals surface area (Å²) in [6, 6.07) is 12.5. The Balaban J connectivity index is 1.82. The van der Waals surface area contributed by atoms with Gasteiger partial charge in [0.1, 0.15) is 0 Å². The molecule has 3 aromatic rings. The van der Waals surface area contributed by atoms with E-state index < -0.39 is 17.1 Å². The number of nitrogens with one attached hydrogen (secondary N) is 1. The number of aromatic nitrogens is 2. The second kappa shape index (κ2) is 5.38. The van der Waals surface area contributed by atoms with E-state index >= 15 is 0 Å². The molecule has 1 aromatic heterocycles. The molecule has 0 fully saturated rings. The minimum atomic E-state index is -4.57. The van der Waals surface area contributed by atoms with Gasteiger partial charge in [-0.25, -0.2) is 0 Å². The highest BCUT2D eigenvalue weighted by Gasteiger charge is 2.35. The van der Waals surface area contributed by atoms with Gasteiger partial charge >= 0.3 is 6.18 Å². The lowest BCUT2D eigenvalue weighted by Gasteiger charge is -2.03. The number of anilines is 1. The zero-order valence-electron chi connectivity index (χ0n) is 10.9. The first kappa shape index (κ1) is 14.5. The fourth-order valence-corrected chi connectivity index (χ4v) is 2.49. The van der Waals surface area contributed by atoms with E-state index in [1.165, 1.54) is 0 Å². The van der Waals surface area contributed by atoms with Gasteiger partial charge in [-0.15, -0.1) is 10.2 Å². The predicted octanol–water partition coefficient (Wildman–Crippen LogP) is 3.96. The van der Waals surface area contributed by atoms with E-state index in [2.05, 4.69) is 15.5 Å². The van der Waals surface area contributed by atoms with Crippen molar-refractivity contribution in [3.8, 4) is 0 Å². The molecule has 0 spiro atoms. The molecule has 4 nitrogen and oxygen atoms in total. The molecule has 0 aliphatic carbocycles. The third-order valence-corrected chi connectivity index (χ3v) is 3.78. The van der Waals surface area contributed by atoms with Crippen LogP contribution in [-0.4, -0.2) is 16.1 Å². The van der Waals surface area contributed by atoms with Crippen LogP contribution in [0.4, 0.5) is 18.3 Å². The van der Waals surface area contributed by atoms with Crippen molar-refractivity contribution in [2.45, 2.75) is 6.18 Å². The Morgan fingerprint density at radius 3 is 2.45 bits per heavy atom. The van der Waals surface area contributed by atoms with E-state index in [0.717, 1.165) is 10.8 Å². The summed E-state index contributed by atoms with van der Waals surface area (Å²) in [5.74, 6) is -0.532. The summed E-state index contributed by atoms with van der Waals surface area (Å²) in [7, 11) is 0. The lowest BCUT2D eigenvalue weighted by atomic mass is 10.1. The largest absolute Gasteiger partial charge is 0.445 e. The van der Waals surface area contributed by atoms with Gasteiger partial charge < -0.3 is 0 Å². The highest BCUT2D eigenvalue weighted by Crippen LogP contribution is 2.33. The number of nitrogens with zero attached hydrogens (tertiary/aromatic N) is 2. The van der Waals surface area contributed by atoms with Crippen molar-refractivity contribution in [1.29, 1.82) is 0 Å². The van der Waals surface area contributed by atoms with Crippen LogP contribution < -0.4 is 5.32 Å². The number of hydrogen-bond acceptors (Lipinski definition) is 4. The highest BCUT2D eigenvalue weighted by atomic mass is 32.1. The predicted molar refractivity (Wildman–Crippen MR) is 76.8 cm³/mol. The van der Waals surface area contributed by atoms with E-state index in [1.54, 1.807) is 18.2 Å². The molecule has 0 unspecified atom stereocenters. The Morgan fingerprint density at radius 1 is 1.05 bits per heavy atom. The van der Waals surface area contributed by atoms with Gasteiger partial charge in [0.2, 0.25) is 10.1 Å². The van der Waals surface area contributed by atoms with E-state index in [0.29, 0.717) is 5.56 Å². The fourth-order valence-electron chi connectivity index (χ4n) is 1.89. The minimum Gasteiger partial charge on any atom is -0.296 e. The minimum absolute atomic E-state index is 0.189. The summed E-state index contributed by atoms with van der Waals surface area (Å²) in [5.41, 5.74) is 0.336. The molecule has 0 atom stereocenters. The van der Waals surface area contributed by atoms with Gasteiger partial charge in [0, 0.05) is 5.56 Å². The van der Waals surface area contributed by atoms with Crippen LogP contribution in [0, 0.1) is 0 Å².